The molecule has 112 valence electrons. The summed E-state index contributed by atoms with van der Waals surface area (Å²) < 4.78 is 4.11. The van der Waals surface area contributed by atoms with Crippen molar-refractivity contribution in [2.24, 2.45) is 0 Å². The average molecular weight is 314 g/mol. The third-order valence-electron chi connectivity index (χ3n) is 3.65. The normalized spacial score (nSPS) is 12.4. The number of hydrogen-bond acceptors (Lipinski definition) is 1. The minimum atomic E-state index is -1.42. The van der Waals surface area contributed by atoms with Crippen molar-refractivity contribution in [1.29, 1.82) is 0 Å². The maximum absolute atomic E-state index is 4.11. The van der Waals surface area contributed by atoms with E-state index in [1.807, 2.05) is 0 Å². The summed E-state index contributed by atoms with van der Waals surface area (Å²) >= 11 is 0. The van der Waals surface area contributed by atoms with Gasteiger partial charge in [0.05, 0.1) is 0 Å². The van der Waals surface area contributed by atoms with E-state index in [2.05, 4.69) is 91.5 Å². The Morgan fingerprint density at radius 3 is 1.29 bits per heavy atom. The summed E-state index contributed by atoms with van der Waals surface area (Å²) in [6.45, 7) is 9.83. The van der Waals surface area contributed by atoms with Gasteiger partial charge in [-0.3, -0.25) is 0 Å². The Hall–Kier alpha value is -1.17. The minimum absolute atomic E-state index is 1.21. The predicted octanol–water partition coefficient (Wildman–Crippen LogP) is 4.55. The van der Waals surface area contributed by atoms with Crippen LogP contribution < -0.4 is 4.65 Å². The molecule has 0 amide bonds. The van der Waals surface area contributed by atoms with Crippen molar-refractivity contribution in [1.82, 2.24) is 4.65 Å². The molecule has 0 saturated heterocycles. The molecule has 0 atom stereocenters. The summed E-state index contributed by atoms with van der Waals surface area (Å²) in [6.07, 6.45) is 0. The van der Waals surface area contributed by atoms with Crippen molar-refractivity contribution in [3.05, 3.63) is 71.8 Å². The number of benzene rings is 2. The van der Waals surface area contributed by atoms with Gasteiger partial charge in [-0.05, 0) is 23.2 Å². The summed E-state index contributed by atoms with van der Waals surface area (Å²) in [5, 5.41) is 0. The van der Waals surface area contributed by atoms with E-state index >= 15 is 0 Å². The maximum Gasteiger partial charge on any atom is 0.117 e. The van der Waals surface area contributed by atoms with E-state index in [9.17, 15) is 0 Å². The highest BCUT2D eigenvalue weighted by atomic mass is 28.4. The second-order valence-corrected chi connectivity index (χ2v) is 16.5. The molecule has 0 aliphatic carbocycles. The molecule has 0 heterocycles. The maximum atomic E-state index is 4.11. The van der Waals surface area contributed by atoms with Crippen LogP contribution in [0.15, 0.2) is 60.7 Å². The van der Waals surface area contributed by atoms with Crippen LogP contribution in [-0.2, 0) is 12.1 Å². The molecule has 0 fully saturated rings. The summed E-state index contributed by atoms with van der Waals surface area (Å²) in [6, 6.07) is 24.2. The van der Waals surface area contributed by atoms with Gasteiger partial charge in [-0.15, -0.1) is 0 Å². The van der Waals surface area contributed by atoms with Crippen molar-refractivity contribution in [2.45, 2.75) is 38.3 Å². The van der Waals surface area contributed by atoms with Gasteiger partial charge in [0.25, 0.3) is 0 Å². The molecule has 0 saturated carbocycles. The van der Waals surface area contributed by atoms with Crippen LogP contribution in [0.5, 0.6) is 0 Å². The van der Waals surface area contributed by atoms with Crippen molar-refractivity contribution in [2.75, 3.05) is 0 Å². The van der Waals surface area contributed by atoms with E-state index in [-0.39, 0.29) is 0 Å². The van der Waals surface area contributed by atoms with E-state index in [4.69, 9.17) is 0 Å². The zero-order valence-electron chi connectivity index (χ0n) is 13.7. The van der Waals surface area contributed by atoms with Crippen LogP contribution in [0.4, 0.5) is 0 Å². The molecule has 3 heteroatoms. The van der Waals surface area contributed by atoms with E-state index in [0.717, 1.165) is 0 Å². The van der Waals surface area contributed by atoms with E-state index in [1.165, 1.54) is 23.2 Å². The van der Waals surface area contributed by atoms with Gasteiger partial charge >= 0.3 is 0 Å². The topological polar surface area (TPSA) is 12.0 Å². The van der Waals surface area contributed by atoms with Crippen LogP contribution in [-0.4, -0.2) is 16.5 Å². The number of hydrogen-bond donors (Lipinski definition) is 1. The highest BCUT2D eigenvalue weighted by molar-refractivity contribution is 6.90. The first kappa shape index (κ1) is 16.2. The summed E-state index contributed by atoms with van der Waals surface area (Å²) in [4.78, 5) is 0. The fourth-order valence-corrected chi connectivity index (χ4v) is 13.8. The fraction of sp³-hybridized carbons (Fsp3) is 0.333. The van der Waals surface area contributed by atoms with Gasteiger partial charge in [0.15, 0.2) is 0 Å². The van der Waals surface area contributed by atoms with E-state index in [1.54, 1.807) is 0 Å². The Kier molecular flexibility index (Phi) is 5.19. The van der Waals surface area contributed by atoms with Gasteiger partial charge in [0.1, 0.15) is 16.5 Å². The third-order valence-corrected chi connectivity index (χ3v) is 11.7. The first-order valence-corrected chi connectivity index (χ1v) is 14.1. The van der Waals surface area contributed by atoms with Gasteiger partial charge in [-0.2, -0.15) is 0 Å². The fourth-order valence-electron chi connectivity index (χ4n) is 3.22. The Bertz CT molecular complexity index is 498. The quantitative estimate of drug-likeness (QED) is 0.771. The molecule has 2 aromatic carbocycles. The van der Waals surface area contributed by atoms with Crippen LogP contribution in [0.2, 0.25) is 26.2 Å². The third kappa shape index (κ3) is 5.61. The second-order valence-electron chi connectivity index (χ2n) is 7.22. The molecule has 1 nitrogen and oxygen atoms in total. The summed E-state index contributed by atoms with van der Waals surface area (Å²) in [5.74, 6) is 0. The smallest absolute Gasteiger partial charge is 0.117 e. The van der Waals surface area contributed by atoms with Crippen molar-refractivity contribution >= 4 is 16.5 Å². The number of rotatable bonds is 6. The van der Waals surface area contributed by atoms with E-state index in [0.29, 0.717) is 0 Å². The minimum Gasteiger partial charge on any atom is -0.359 e. The van der Waals surface area contributed by atoms with Crippen LogP contribution in [0.25, 0.3) is 0 Å². The number of nitrogens with one attached hydrogen (secondary N) is 1. The van der Waals surface area contributed by atoms with Crippen LogP contribution >= 0.6 is 0 Å². The zero-order valence-corrected chi connectivity index (χ0v) is 15.7. The zero-order chi connectivity index (χ0) is 15.3. The molecule has 0 spiro atoms. The van der Waals surface area contributed by atoms with Crippen molar-refractivity contribution < 1.29 is 0 Å². The largest absolute Gasteiger partial charge is 0.359 e. The lowest BCUT2D eigenvalue weighted by Crippen LogP contribution is -2.61. The molecule has 0 bridgehead atoms. The predicted molar refractivity (Wildman–Crippen MR) is 98.4 cm³/mol. The van der Waals surface area contributed by atoms with Crippen molar-refractivity contribution in [3.63, 3.8) is 0 Å². The molecule has 2 aromatic rings. The average Bonchev–Trinajstić information content (AvgIpc) is 2.38. The lowest BCUT2D eigenvalue weighted by molar-refractivity contribution is 1.15. The van der Waals surface area contributed by atoms with Crippen LogP contribution in [0, 0.1) is 0 Å². The standard InChI is InChI=1S/C18H27NSi2/c1-20(2,15-17-11-7-5-8-12-17)19-21(3,4)16-18-13-9-6-10-14-18/h5-14,19H,15-16H2,1-4H3. The summed E-state index contributed by atoms with van der Waals surface area (Å²) in [7, 11) is -2.84. The highest BCUT2D eigenvalue weighted by Gasteiger charge is 2.31. The Morgan fingerprint density at radius 1 is 0.619 bits per heavy atom. The highest BCUT2D eigenvalue weighted by Crippen LogP contribution is 2.15. The lowest BCUT2D eigenvalue weighted by atomic mass is 10.2. The van der Waals surface area contributed by atoms with Crippen LogP contribution in [0.3, 0.4) is 0 Å². The molecule has 0 radical (unpaired) electrons. The summed E-state index contributed by atoms with van der Waals surface area (Å²) in [5.41, 5.74) is 2.93. The van der Waals surface area contributed by atoms with Gasteiger partial charge in [-0.25, -0.2) is 0 Å². The first-order chi connectivity index (χ1) is 9.86. The van der Waals surface area contributed by atoms with Crippen molar-refractivity contribution in [3.8, 4) is 0 Å². The molecule has 0 unspecified atom stereocenters. The Morgan fingerprint density at radius 2 is 0.952 bits per heavy atom. The molecule has 0 aliphatic rings. The molecule has 1 N–H and O–H groups in total. The van der Waals surface area contributed by atoms with Gasteiger partial charge in [-0.1, -0.05) is 86.9 Å². The van der Waals surface area contributed by atoms with Gasteiger partial charge in [0.2, 0.25) is 0 Å². The lowest BCUT2D eigenvalue weighted by Gasteiger charge is -2.35. The second kappa shape index (κ2) is 6.73. The Labute approximate surface area is 131 Å². The molecule has 0 aromatic heterocycles. The van der Waals surface area contributed by atoms with Crippen LogP contribution in [0.1, 0.15) is 11.1 Å². The molecule has 21 heavy (non-hydrogen) atoms. The molecule has 2 rings (SSSR count). The van der Waals surface area contributed by atoms with Gasteiger partial charge in [0, 0.05) is 0 Å². The first-order valence-electron chi connectivity index (χ1n) is 7.74. The molecular formula is C18H27NSi2. The monoisotopic (exact) mass is 313 g/mol. The SMILES string of the molecule is C[Si](C)(Cc1ccccc1)N[Si](C)(C)Cc1ccccc1. The van der Waals surface area contributed by atoms with E-state index < -0.39 is 16.5 Å². The molecular weight excluding hydrogens is 286 g/mol. The molecule has 0 aliphatic heterocycles. The Balaban J connectivity index is 2.01. The van der Waals surface area contributed by atoms with Gasteiger partial charge < -0.3 is 4.65 Å².